The molecular formula is C13H16N2O2S2. The van der Waals surface area contributed by atoms with Gasteiger partial charge in [0.1, 0.15) is 0 Å². The molecule has 0 unspecified atom stereocenters. The SMILES string of the molecule is CO[C@H]1CCC[C@H]1Sc1nnc(Cc2cccs2)o1. The fourth-order valence-corrected chi connectivity index (χ4v) is 4.22. The molecule has 0 amide bonds. The van der Waals surface area contributed by atoms with E-state index in [2.05, 4.69) is 21.6 Å². The van der Waals surface area contributed by atoms with E-state index in [1.54, 1.807) is 30.2 Å². The summed E-state index contributed by atoms with van der Waals surface area (Å²) in [5.41, 5.74) is 0. The van der Waals surface area contributed by atoms with Gasteiger partial charge in [-0.25, -0.2) is 0 Å². The Hall–Kier alpha value is -0.850. The number of aromatic nitrogens is 2. The van der Waals surface area contributed by atoms with Crippen LogP contribution in [0.2, 0.25) is 0 Å². The van der Waals surface area contributed by atoms with Crippen molar-refractivity contribution in [1.82, 2.24) is 10.2 Å². The molecule has 1 fully saturated rings. The molecule has 2 aromatic heterocycles. The van der Waals surface area contributed by atoms with Crippen molar-refractivity contribution in [3.8, 4) is 0 Å². The van der Waals surface area contributed by atoms with E-state index in [4.69, 9.17) is 9.15 Å². The van der Waals surface area contributed by atoms with Crippen LogP contribution >= 0.6 is 23.1 Å². The van der Waals surface area contributed by atoms with Crippen LogP contribution in [0.1, 0.15) is 30.0 Å². The van der Waals surface area contributed by atoms with Crippen molar-refractivity contribution in [2.45, 2.75) is 42.3 Å². The van der Waals surface area contributed by atoms with Gasteiger partial charge in [-0.05, 0) is 30.7 Å². The number of hydrogen-bond donors (Lipinski definition) is 0. The number of methoxy groups -OCH3 is 1. The van der Waals surface area contributed by atoms with Crippen LogP contribution in [-0.2, 0) is 11.2 Å². The molecule has 0 spiro atoms. The van der Waals surface area contributed by atoms with Crippen molar-refractivity contribution in [3.05, 3.63) is 28.3 Å². The first-order chi connectivity index (χ1) is 9.35. The van der Waals surface area contributed by atoms with E-state index in [1.165, 1.54) is 11.3 Å². The van der Waals surface area contributed by atoms with E-state index in [0.717, 1.165) is 19.3 Å². The Balaban J connectivity index is 1.61. The van der Waals surface area contributed by atoms with Crippen molar-refractivity contribution in [1.29, 1.82) is 0 Å². The third-order valence-corrected chi connectivity index (χ3v) is 5.39. The first-order valence-electron chi connectivity index (χ1n) is 6.39. The van der Waals surface area contributed by atoms with Crippen molar-refractivity contribution in [2.24, 2.45) is 0 Å². The van der Waals surface area contributed by atoms with Gasteiger partial charge in [0.25, 0.3) is 5.22 Å². The lowest BCUT2D eigenvalue weighted by molar-refractivity contribution is 0.113. The third kappa shape index (κ3) is 3.19. The quantitative estimate of drug-likeness (QED) is 0.846. The van der Waals surface area contributed by atoms with Crippen LogP contribution in [0, 0.1) is 0 Å². The zero-order valence-corrected chi connectivity index (χ0v) is 12.4. The van der Waals surface area contributed by atoms with Crippen LogP contribution in [-0.4, -0.2) is 28.7 Å². The molecule has 0 aliphatic heterocycles. The van der Waals surface area contributed by atoms with Crippen LogP contribution in [0.25, 0.3) is 0 Å². The summed E-state index contributed by atoms with van der Waals surface area (Å²) in [7, 11) is 1.78. The molecule has 102 valence electrons. The summed E-state index contributed by atoms with van der Waals surface area (Å²) in [5, 5.41) is 11.4. The van der Waals surface area contributed by atoms with E-state index in [1.807, 2.05) is 6.07 Å². The van der Waals surface area contributed by atoms with E-state index < -0.39 is 0 Å². The van der Waals surface area contributed by atoms with Crippen LogP contribution in [0.15, 0.2) is 27.2 Å². The van der Waals surface area contributed by atoms with Gasteiger partial charge < -0.3 is 9.15 Å². The summed E-state index contributed by atoms with van der Waals surface area (Å²) >= 11 is 3.36. The van der Waals surface area contributed by atoms with Gasteiger partial charge in [-0.15, -0.1) is 21.5 Å². The average molecular weight is 296 g/mol. The number of rotatable bonds is 5. The second kappa shape index (κ2) is 6.07. The topological polar surface area (TPSA) is 48.2 Å². The smallest absolute Gasteiger partial charge is 0.276 e. The highest BCUT2D eigenvalue weighted by molar-refractivity contribution is 7.99. The fourth-order valence-electron chi connectivity index (χ4n) is 2.35. The highest BCUT2D eigenvalue weighted by Crippen LogP contribution is 2.35. The summed E-state index contributed by atoms with van der Waals surface area (Å²) < 4.78 is 11.2. The number of nitrogens with zero attached hydrogens (tertiary/aromatic N) is 2. The summed E-state index contributed by atoms with van der Waals surface area (Å²) in [6.45, 7) is 0. The molecule has 1 aliphatic rings. The van der Waals surface area contributed by atoms with E-state index in [0.29, 0.717) is 22.5 Å². The van der Waals surface area contributed by atoms with Gasteiger partial charge in [-0.2, -0.15) is 0 Å². The second-order valence-corrected chi connectivity index (χ2v) is 6.80. The maximum atomic E-state index is 5.70. The number of hydrogen-bond acceptors (Lipinski definition) is 6. The minimum atomic E-state index is 0.317. The molecule has 0 bridgehead atoms. The molecule has 0 aromatic carbocycles. The first-order valence-corrected chi connectivity index (χ1v) is 8.15. The summed E-state index contributed by atoms with van der Waals surface area (Å²) in [4.78, 5) is 1.25. The Morgan fingerprint density at radius 3 is 3.21 bits per heavy atom. The first kappa shape index (κ1) is 13.1. The average Bonchev–Trinajstić information content (AvgIpc) is 3.13. The number of ether oxygens (including phenoxy) is 1. The zero-order chi connectivity index (χ0) is 13.1. The Kier molecular flexibility index (Phi) is 4.20. The Morgan fingerprint density at radius 2 is 2.42 bits per heavy atom. The molecule has 0 radical (unpaired) electrons. The van der Waals surface area contributed by atoms with E-state index in [9.17, 15) is 0 Å². The van der Waals surface area contributed by atoms with Gasteiger partial charge in [0.05, 0.1) is 12.5 Å². The zero-order valence-electron chi connectivity index (χ0n) is 10.7. The van der Waals surface area contributed by atoms with Crippen molar-refractivity contribution in [3.63, 3.8) is 0 Å². The lowest BCUT2D eigenvalue weighted by Crippen LogP contribution is -2.18. The number of thiophene rings is 1. The Labute approximate surface area is 120 Å². The van der Waals surface area contributed by atoms with Gasteiger partial charge in [0, 0.05) is 17.2 Å². The van der Waals surface area contributed by atoms with Crippen molar-refractivity contribution >= 4 is 23.1 Å². The molecule has 1 aliphatic carbocycles. The monoisotopic (exact) mass is 296 g/mol. The maximum Gasteiger partial charge on any atom is 0.276 e. The second-order valence-electron chi connectivity index (χ2n) is 4.58. The molecule has 6 heteroatoms. The maximum absolute atomic E-state index is 5.70. The Bertz CT molecular complexity index is 512. The van der Waals surface area contributed by atoms with Gasteiger partial charge in [-0.1, -0.05) is 17.8 Å². The van der Waals surface area contributed by atoms with Gasteiger partial charge in [0.2, 0.25) is 5.89 Å². The molecule has 0 saturated heterocycles. The van der Waals surface area contributed by atoms with Gasteiger partial charge >= 0.3 is 0 Å². The molecular weight excluding hydrogens is 280 g/mol. The highest BCUT2D eigenvalue weighted by atomic mass is 32.2. The normalized spacial score (nSPS) is 23.0. The lowest BCUT2D eigenvalue weighted by Gasteiger charge is -2.14. The minimum absolute atomic E-state index is 0.317. The lowest BCUT2D eigenvalue weighted by atomic mass is 10.3. The van der Waals surface area contributed by atoms with Crippen LogP contribution < -0.4 is 0 Å². The fraction of sp³-hybridized carbons (Fsp3) is 0.538. The van der Waals surface area contributed by atoms with Crippen LogP contribution in [0.3, 0.4) is 0 Å². The van der Waals surface area contributed by atoms with Crippen LogP contribution in [0.4, 0.5) is 0 Å². The molecule has 2 atom stereocenters. The molecule has 3 rings (SSSR count). The minimum Gasteiger partial charge on any atom is -0.416 e. The highest BCUT2D eigenvalue weighted by Gasteiger charge is 2.29. The molecule has 2 aromatic rings. The molecule has 4 nitrogen and oxygen atoms in total. The summed E-state index contributed by atoms with van der Waals surface area (Å²) in [6, 6.07) is 4.12. The Morgan fingerprint density at radius 1 is 1.47 bits per heavy atom. The third-order valence-electron chi connectivity index (χ3n) is 3.30. The summed E-state index contributed by atoms with van der Waals surface area (Å²) in [5.74, 6) is 0.692. The molecule has 0 N–H and O–H groups in total. The predicted molar refractivity (Wildman–Crippen MR) is 75.7 cm³/mol. The van der Waals surface area contributed by atoms with Crippen molar-refractivity contribution in [2.75, 3.05) is 7.11 Å². The molecule has 1 saturated carbocycles. The number of thioether (sulfide) groups is 1. The van der Waals surface area contributed by atoms with E-state index in [-0.39, 0.29) is 0 Å². The predicted octanol–water partition coefficient (Wildman–Crippen LogP) is 3.38. The van der Waals surface area contributed by atoms with Gasteiger partial charge in [0.15, 0.2) is 0 Å². The van der Waals surface area contributed by atoms with Gasteiger partial charge in [-0.3, -0.25) is 0 Å². The van der Waals surface area contributed by atoms with Crippen molar-refractivity contribution < 1.29 is 9.15 Å². The molecule has 19 heavy (non-hydrogen) atoms. The standard InChI is InChI=1S/C13H16N2O2S2/c1-16-10-5-2-6-11(10)19-13-15-14-12(17-13)8-9-4-3-7-18-9/h3-4,7,10-11H,2,5-6,8H2,1H3/t10-,11+/m0/s1. The summed E-state index contributed by atoms with van der Waals surface area (Å²) in [6.07, 6.45) is 4.55. The molecule has 2 heterocycles. The largest absolute Gasteiger partial charge is 0.416 e. The van der Waals surface area contributed by atoms with E-state index >= 15 is 0 Å². The van der Waals surface area contributed by atoms with Crippen LogP contribution in [0.5, 0.6) is 0 Å².